The van der Waals surface area contributed by atoms with Gasteiger partial charge in [0.1, 0.15) is 0 Å². The minimum absolute atomic E-state index is 0.0298. The quantitative estimate of drug-likeness (QED) is 0.401. The largest absolute Gasteiger partial charge is 0.342 e. The highest BCUT2D eigenvalue weighted by Gasteiger charge is 2.36. The molecule has 3 aromatic rings. The van der Waals surface area contributed by atoms with Gasteiger partial charge in [-0.15, -0.1) is 0 Å². The second-order valence-electron chi connectivity index (χ2n) is 11.0. The molecule has 2 N–H and O–H groups in total. The fourth-order valence-electron chi connectivity index (χ4n) is 5.17. The van der Waals surface area contributed by atoms with Crippen molar-refractivity contribution in [3.8, 4) is 0 Å². The minimum Gasteiger partial charge on any atom is -0.342 e. The Labute approximate surface area is 240 Å². The average Bonchev–Trinajstić information content (AvgIpc) is 3.84. The molecule has 4 amide bonds. The number of piperidine rings is 1. The SMILES string of the molecule is CN(Cc1ccccc1)C(=O)c1cccc(NC(=O)Cc2ccc(NC(=O)C3CCN(C(=O)C4CC4)CC3)cc2)c1. The van der Waals surface area contributed by atoms with Crippen molar-refractivity contribution in [2.24, 2.45) is 11.8 Å². The first-order valence-electron chi connectivity index (χ1n) is 14.2. The first-order valence-corrected chi connectivity index (χ1v) is 14.2. The molecule has 212 valence electrons. The Morgan fingerprint density at radius 2 is 1.46 bits per heavy atom. The lowest BCUT2D eigenvalue weighted by Crippen LogP contribution is -2.42. The van der Waals surface area contributed by atoms with E-state index in [-0.39, 0.29) is 41.9 Å². The number of nitrogens with zero attached hydrogens (tertiary/aromatic N) is 2. The Hall–Kier alpha value is -4.46. The Bertz CT molecular complexity index is 1390. The van der Waals surface area contributed by atoms with Gasteiger partial charge in [0, 0.05) is 55.5 Å². The number of hydrogen-bond donors (Lipinski definition) is 2. The van der Waals surface area contributed by atoms with E-state index < -0.39 is 0 Å². The molecule has 1 saturated heterocycles. The lowest BCUT2D eigenvalue weighted by Gasteiger charge is -2.31. The summed E-state index contributed by atoms with van der Waals surface area (Å²) in [6.45, 7) is 1.78. The topological polar surface area (TPSA) is 98.8 Å². The molecule has 2 fully saturated rings. The number of carbonyl (C=O) groups is 4. The average molecular weight is 553 g/mol. The van der Waals surface area contributed by atoms with E-state index in [1.54, 1.807) is 48.3 Å². The van der Waals surface area contributed by atoms with Crippen molar-refractivity contribution in [3.05, 3.63) is 95.6 Å². The van der Waals surface area contributed by atoms with Crippen molar-refractivity contribution < 1.29 is 19.2 Å². The summed E-state index contributed by atoms with van der Waals surface area (Å²) < 4.78 is 0. The summed E-state index contributed by atoms with van der Waals surface area (Å²) in [4.78, 5) is 54.2. The smallest absolute Gasteiger partial charge is 0.253 e. The van der Waals surface area contributed by atoms with Gasteiger partial charge in [0.25, 0.3) is 5.91 Å². The van der Waals surface area contributed by atoms with Crippen molar-refractivity contribution in [2.45, 2.75) is 38.6 Å². The molecule has 3 aromatic carbocycles. The molecule has 8 heteroatoms. The van der Waals surface area contributed by atoms with Crippen LogP contribution in [0.1, 0.15) is 47.2 Å². The molecular formula is C33H36N4O4. The van der Waals surface area contributed by atoms with Crippen molar-refractivity contribution >= 4 is 35.0 Å². The van der Waals surface area contributed by atoms with Crippen LogP contribution < -0.4 is 10.6 Å². The first kappa shape index (κ1) is 28.1. The van der Waals surface area contributed by atoms with E-state index in [1.165, 1.54) is 0 Å². The standard InChI is InChI=1S/C33H36N4O4/c1-36(22-24-6-3-2-4-7-24)32(40)27-8-5-9-29(21-27)34-30(38)20-23-10-14-28(15-11-23)35-31(39)25-16-18-37(19-17-25)33(41)26-12-13-26/h2-11,14-15,21,25-26H,12-13,16-20,22H2,1H3,(H,34,38)(H,35,39). The minimum atomic E-state index is -0.198. The highest BCUT2D eigenvalue weighted by atomic mass is 16.2. The molecule has 0 unspecified atom stereocenters. The van der Waals surface area contributed by atoms with Gasteiger partial charge in [-0.05, 0) is 67.1 Å². The maximum atomic E-state index is 12.9. The summed E-state index contributed by atoms with van der Waals surface area (Å²) >= 11 is 0. The van der Waals surface area contributed by atoms with Crippen LogP contribution in [0.3, 0.4) is 0 Å². The summed E-state index contributed by atoms with van der Waals surface area (Å²) in [5.74, 6) is 0.00221. The molecule has 0 aromatic heterocycles. The summed E-state index contributed by atoms with van der Waals surface area (Å²) in [5, 5.41) is 5.85. The van der Waals surface area contributed by atoms with Gasteiger partial charge < -0.3 is 20.4 Å². The van der Waals surface area contributed by atoms with Crippen LogP contribution in [0.2, 0.25) is 0 Å². The molecular weight excluding hydrogens is 516 g/mol. The number of amides is 4. The van der Waals surface area contributed by atoms with Gasteiger partial charge in [-0.25, -0.2) is 0 Å². The zero-order chi connectivity index (χ0) is 28.8. The number of rotatable bonds is 9. The predicted molar refractivity (Wildman–Crippen MR) is 158 cm³/mol. The molecule has 2 aliphatic rings. The van der Waals surface area contributed by atoms with Gasteiger partial charge in [-0.1, -0.05) is 48.5 Å². The van der Waals surface area contributed by atoms with Crippen LogP contribution in [0.25, 0.3) is 0 Å². The summed E-state index contributed by atoms with van der Waals surface area (Å²) in [6, 6.07) is 24.0. The molecule has 0 spiro atoms. The van der Waals surface area contributed by atoms with Gasteiger partial charge in [0.2, 0.25) is 17.7 Å². The molecule has 0 radical (unpaired) electrons. The van der Waals surface area contributed by atoms with Gasteiger partial charge in [-0.2, -0.15) is 0 Å². The molecule has 1 aliphatic carbocycles. The number of hydrogen-bond acceptors (Lipinski definition) is 4. The van der Waals surface area contributed by atoms with E-state index >= 15 is 0 Å². The van der Waals surface area contributed by atoms with Crippen molar-refractivity contribution in [1.29, 1.82) is 0 Å². The number of anilines is 2. The highest BCUT2D eigenvalue weighted by Crippen LogP contribution is 2.32. The summed E-state index contributed by atoms with van der Waals surface area (Å²) in [5.41, 5.74) is 3.59. The molecule has 0 bridgehead atoms. The van der Waals surface area contributed by atoms with Crippen LogP contribution in [0.15, 0.2) is 78.9 Å². The second kappa shape index (κ2) is 12.8. The first-order chi connectivity index (χ1) is 19.9. The lowest BCUT2D eigenvalue weighted by molar-refractivity contribution is -0.135. The van der Waals surface area contributed by atoms with Crippen LogP contribution in [0.5, 0.6) is 0 Å². The van der Waals surface area contributed by atoms with Crippen molar-refractivity contribution in [1.82, 2.24) is 9.80 Å². The van der Waals surface area contributed by atoms with Crippen LogP contribution in [-0.4, -0.2) is 53.6 Å². The van der Waals surface area contributed by atoms with Crippen LogP contribution in [0, 0.1) is 11.8 Å². The molecule has 5 rings (SSSR count). The number of nitrogens with one attached hydrogen (secondary N) is 2. The molecule has 1 saturated carbocycles. The van der Waals surface area contributed by atoms with E-state index in [1.807, 2.05) is 47.4 Å². The van der Waals surface area contributed by atoms with Gasteiger partial charge in [0.05, 0.1) is 6.42 Å². The third-order valence-electron chi connectivity index (χ3n) is 7.69. The van der Waals surface area contributed by atoms with Crippen LogP contribution in [-0.2, 0) is 27.3 Å². The molecule has 8 nitrogen and oxygen atoms in total. The Kier molecular flexibility index (Phi) is 8.77. The maximum Gasteiger partial charge on any atom is 0.253 e. The van der Waals surface area contributed by atoms with E-state index in [2.05, 4.69) is 10.6 Å². The lowest BCUT2D eigenvalue weighted by atomic mass is 9.95. The summed E-state index contributed by atoms with van der Waals surface area (Å²) in [7, 11) is 1.76. The fraction of sp³-hybridized carbons (Fsp3) is 0.333. The van der Waals surface area contributed by atoms with Gasteiger partial charge >= 0.3 is 0 Å². The van der Waals surface area contributed by atoms with Crippen LogP contribution >= 0.6 is 0 Å². The fourth-order valence-corrected chi connectivity index (χ4v) is 5.17. The third-order valence-corrected chi connectivity index (χ3v) is 7.69. The third kappa shape index (κ3) is 7.60. The zero-order valence-corrected chi connectivity index (χ0v) is 23.3. The van der Waals surface area contributed by atoms with Gasteiger partial charge in [0.15, 0.2) is 0 Å². The van der Waals surface area contributed by atoms with Gasteiger partial charge in [-0.3, -0.25) is 19.2 Å². The van der Waals surface area contributed by atoms with E-state index in [9.17, 15) is 19.2 Å². The molecule has 1 heterocycles. The number of likely N-dealkylation sites (tertiary alicyclic amines) is 1. The van der Waals surface area contributed by atoms with Crippen molar-refractivity contribution in [2.75, 3.05) is 30.8 Å². The second-order valence-corrected chi connectivity index (χ2v) is 11.0. The number of carbonyl (C=O) groups excluding carboxylic acids is 4. The predicted octanol–water partition coefficient (Wildman–Crippen LogP) is 4.73. The van der Waals surface area contributed by atoms with Crippen molar-refractivity contribution in [3.63, 3.8) is 0 Å². The number of benzene rings is 3. The highest BCUT2D eigenvalue weighted by molar-refractivity contribution is 5.97. The normalized spacial score (nSPS) is 15.2. The van der Waals surface area contributed by atoms with Crippen LogP contribution in [0.4, 0.5) is 11.4 Å². The van der Waals surface area contributed by atoms with E-state index in [4.69, 9.17) is 0 Å². The van der Waals surface area contributed by atoms with E-state index in [0.717, 1.165) is 24.0 Å². The summed E-state index contributed by atoms with van der Waals surface area (Å²) in [6.07, 6.45) is 3.52. The molecule has 0 atom stereocenters. The maximum absolute atomic E-state index is 12.9. The Balaban J connectivity index is 1.08. The zero-order valence-electron chi connectivity index (χ0n) is 23.3. The molecule has 41 heavy (non-hydrogen) atoms. The Morgan fingerprint density at radius 3 is 2.15 bits per heavy atom. The molecule has 1 aliphatic heterocycles. The van der Waals surface area contributed by atoms with E-state index in [0.29, 0.717) is 49.4 Å². The monoisotopic (exact) mass is 552 g/mol. The Morgan fingerprint density at radius 1 is 0.756 bits per heavy atom.